The lowest BCUT2D eigenvalue weighted by molar-refractivity contribution is 0.264. The highest BCUT2D eigenvalue weighted by Crippen LogP contribution is 2.06. The van der Waals surface area contributed by atoms with Crippen molar-refractivity contribution in [3.63, 3.8) is 0 Å². The molecule has 0 radical (unpaired) electrons. The van der Waals surface area contributed by atoms with Crippen molar-refractivity contribution in [2.75, 3.05) is 26.9 Å². The summed E-state index contributed by atoms with van der Waals surface area (Å²) in [5.74, 6) is 0. The summed E-state index contributed by atoms with van der Waals surface area (Å²) in [6.07, 6.45) is 11.2. The lowest BCUT2D eigenvalue weighted by Crippen LogP contribution is -2.23. The maximum Gasteiger partial charge on any atom is 0.397 e. The van der Waals surface area contributed by atoms with Gasteiger partial charge in [-0.1, -0.05) is 39.5 Å². The summed E-state index contributed by atoms with van der Waals surface area (Å²) in [6, 6.07) is 0. The third kappa shape index (κ3) is 13.9. The monoisotopic (exact) mass is 322 g/mol. The smallest absolute Gasteiger partial charge is 0.362 e. The molecule has 1 aliphatic rings. The van der Waals surface area contributed by atoms with Crippen LogP contribution < -0.4 is 0 Å². The fourth-order valence-corrected chi connectivity index (χ4v) is 2.11. The first kappa shape index (κ1) is 20.2. The second-order valence-corrected chi connectivity index (χ2v) is 6.26. The zero-order chi connectivity index (χ0) is 16.1. The molecule has 1 rings (SSSR count). The fraction of sp³-hybridized carbons (Fsp3) is 0.857. The van der Waals surface area contributed by atoms with Crippen LogP contribution in [0, 0.1) is 0 Å². The Morgan fingerprint density at radius 1 is 1.10 bits per heavy atom. The minimum absolute atomic E-state index is 0.0648. The van der Waals surface area contributed by atoms with Gasteiger partial charge >= 0.3 is 10.4 Å². The molecule has 0 bridgehead atoms. The van der Waals surface area contributed by atoms with Gasteiger partial charge in [0.05, 0.1) is 13.3 Å². The predicted molar refractivity (Wildman–Crippen MR) is 85.0 cm³/mol. The summed E-state index contributed by atoms with van der Waals surface area (Å²) >= 11 is 0. The molecule has 0 atom stereocenters. The molecule has 0 unspecified atom stereocenters. The van der Waals surface area contributed by atoms with Gasteiger partial charge in [0.25, 0.3) is 0 Å². The maximum absolute atomic E-state index is 9.84. The van der Waals surface area contributed by atoms with Gasteiger partial charge in [-0.2, -0.15) is 8.42 Å². The van der Waals surface area contributed by atoms with Crippen LogP contribution in [0.5, 0.6) is 0 Å². The number of unbranched alkanes of at least 4 members (excludes halogenated alkanes) is 4. The Morgan fingerprint density at radius 3 is 2.24 bits per heavy atom. The van der Waals surface area contributed by atoms with E-state index in [1.54, 1.807) is 0 Å². The summed E-state index contributed by atoms with van der Waals surface area (Å²) in [5, 5.41) is 0. The molecule has 0 saturated heterocycles. The predicted octanol–water partition coefficient (Wildman–Crippen LogP) is 2.85. The van der Waals surface area contributed by atoms with E-state index in [4.69, 9.17) is 4.55 Å². The van der Waals surface area contributed by atoms with E-state index in [1.807, 2.05) is 6.92 Å². The van der Waals surface area contributed by atoms with E-state index in [1.165, 1.54) is 32.2 Å². The van der Waals surface area contributed by atoms with Gasteiger partial charge in [-0.05, 0) is 12.8 Å². The topological polar surface area (TPSA) is 70.1 Å². The minimum Gasteiger partial charge on any atom is -0.362 e. The molecular formula is C14H30N2O4S. The summed E-state index contributed by atoms with van der Waals surface area (Å²) < 4.78 is 31.7. The second-order valence-electron chi connectivity index (χ2n) is 5.17. The van der Waals surface area contributed by atoms with Crippen molar-refractivity contribution in [1.29, 1.82) is 0 Å². The molecule has 0 fully saturated rings. The van der Waals surface area contributed by atoms with Crippen LogP contribution in [-0.4, -0.2) is 49.6 Å². The molecule has 126 valence electrons. The van der Waals surface area contributed by atoms with Crippen molar-refractivity contribution >= 4 is 10.4 Å². The van der Waals surface area contributed by atoms with Gasteiger partial charge in [-0.15, -0.1) is 0 Å². The SMILES string of the molecule is CCCCCCN1C=CN(C)C1.CCCCOS(=O)(=O)O. The van der Waals surface area contributed by atoms with E-state index in [-0.39, 0.29) is 6.61 Å². The van der Waals surface area contributed by atoms with Gasteiger partial charge in [0.2, 0.25) is 0 Å². The number of rotatable bonds is 9. The van der Waals surface area contributed by atoms with Crippen molar-refractivity contribution in [2.24, 2.45) is 0 Å². The van der Waals surface area contributed by atoms with Gasteiger partial charge in [0, 0.05) is 26.0 Å². The molecule has 0 saturated carbocycles. The lowest BCUT2D eigenvalue weighted by atomic mass is 10.2. The van der Waals surface area contributed by atoms with Crippen LogP contribution in [0.2, 0.25) is 0 Å². The van der Waals surface area contributed by atoms with E-state index >= 15 is 0 Å². The van der Waals surface area contributed by atoms with Crippen LogP contribution >= 0.6 is 0 Å². The number of hydrogen-bond acceptors (Lipinski definition) is 5. The molecule has 1 N–H and O–H groups in total. The number of hydrogen-bond donors (Lipinski definition) is 1. The van der Waals surface area contributed by atoms with Crippen LogP contribution in [0.25, 0.3) is 0 Å². The van der Waals surface area contributed by atoms with Crippen molar-refractivity contribution in [3.05, 3.63) is 12.4 Å². The summed E-state index contributed by atoms with van der Waals surface area (Å²) in [6.45, 7) is 6.51. The van der Waals surface area contributed by atoms with Crippen LogP contribution in [0.1, 0.15) is 52.4 Å². The van der Waals surface area contributed by atoms with E-state index in [0.717, 1.165) is 13.1 Å². The Hall–Kier alpha value is -0.790. The van der Waals surface area contributed by atoms with Crippen LogP contribution in [-0.2, 0) is 14.6 Å². The van der Waals surface area contributed by atoms with Crippen molar-refractivity contribution in [2.45, 2.75) is 52.4 Å². The maximum atomic E-state index is 9.84. The van der Waals surface area contributed by atoms with E-state index in [0.29, 0.717) is 6.42 Å². The van der Waals surface area contributed by atoms with Crippen molar-refractivity contribution in [1.82, 2.24) is 9.80 Å². The van der Waals surface area contributed by atoms with Crippen molar-refractivity contribution in [3.8, 4) is 0 Å². The van der Waals surface area contributed by atoms with Gasteiger partial charge in [-0.25, -0.2) is 4.18 Å². The summed E-state index contributed by atoms with van der Waals surface area (Å²) in [7, 11) is -2.08. The van der Waals surface area contributed by atoms with Gasteiger partial charge in [0.15, 0.2) is 0 Å². The Bertz CT molecular complexity index is 371. The molecule has 0 aromatic carbocycles. The standard InChI is InChI=1S/C10H20N2.C4H10O4S/c1-3-4-5-6-7-12-9-8-11(2)10-12;1-2-3-4-8-9(5,6)7/h8-9H,3-7,10H2,1-2H3;2-4H2,1H3,(H,5,6,7). The highest BCUT2D eigenvalue weighted by atomic mass is 32.3. The molecular weight excluding hydrogens is 292 g/mol. The molecule has 0 aromatic rings. The molecule has 21 heavy (non-hydrogen) atoms. The van der Waals surface area contributed by atoms with E-state index in [9.17, 15) is 8.42 Å². The minimum atomic E-state index is -4.20. The normalized spacial score (nSPS) is 14.3. The molecule has 7 heteroatoms. The van der Waals surface area contributed by atoms with Gasteiger partial charge < -0.3 is 9.80 Å². The first-order chi connectivity index (χ1) is 9.89. The molecule has 0 amide bonds. The molecule has 0 aliphatic carbocycles. The Labute approximate surface area is 129 Å². The quantitative estimate of drug-likeness (QED) is 0.520. The lowest BCUT2D eigenvalue weighted by Gasteiger charge is -2.17. The Balaban J connectivity index is 0.000000400. The first-order valence-electron chi connectivity index (χ1n) is 7.63. The van der Waals surface area contributed by atoms with Crippen LogP contribution in [0.3, 0.4) is 0 Å². The largest absolute Gasteiger partial charge is 0.397 e. The Morgan fingerprint density at radius 2 is 1.76 bits per heavy atom. The van der Waals surface area contributed by atoms with E-state index in [2.05, 4.69) is 40.4 Å². The molecule has 0 spiro atoms. The van der Waals surface area contributed by atoms with Crippen LogP contribution in [0.4, 0.5) is 0 Å². The van der Waals surface area contributed by atoms with Gasteiger partial charge in [-0.3, -0.25) is 4.55 Å². The fourth-order valence-electron chi connectivity index (χ4n) is 1.78. The molecule has 0 aromatic heterocycles. The summed E-state index contributed by atoms with van der Waals surface area (Å²) in [4.78, 5) is 4.58. The first-order valence-corrected chi connectivity index (χ1v) is 9.00. The third-order valence-electron chi connectivity index (χ3n) is 2.97. The van der Waals surface area contributed by atoms with Gasteiger partial charge in [0.1, 0.15) is 0 Å². The average molecular weight is 322 g/mol. The summed E-state index contributed by atoms with van der Waals surface area (Å²) in [5.41, 5.74) is 0. The average Bonchev–Trinajstić information content (AvgIpc) is 2.80. The zero-order valence-corrected chi connectivity index (χ0v) is 14.3. The third-order valence-corrected chi connectivity index (χ3v) is 3.43. The highest BCUT2D eigenvalue weighted by Gasteiger charge is 2.06. The van der Waals surface area contributed by atoms with E-state index < -0.39 is 10.4 Å². The van der Waals surface area contributed by atoms with Crippen LogP contribution in [0.15, 0.2) is 12.4 Å². The molecule has 1 heterocycles. The zero-order valence-electron chi connectivity index (χ0n) is 13.5. The highest BCUT2D eigenvalue weighted by molar-refractivity contribution is 7.80. The number of nitrogens with zero attached hydrogens (tertiary/aromatic N) is 2. The Kier molecular flexibility index (Phi) is 11.4. The second kappa shape index (κ2) is 11.8. The molecule has 1 aliphatic heterocycles. The molecule has 6 nitrogen and oxygen atoms in total. The van der Waals surface area contributed by atoms with Crippen molar-refractivity contribution < 1.29 is 17.2 Å².